The van der Waals surface area contributed by atoms with Gasteiger partial charge in [0.15, 0.2) is 0 Å². The monoisotopic (exact) mass is 362 g/mol. The van der Waals surface area contributed by atoms with Crippen molar-refractivity contribution in [3.8, 4) is 0 Å². The maximum absolute atomic E-state index is 13.0. The molecule has 2 aromatic carbocycles. The zero-order chi connectivity index (χ0) is 19.2. The molecule has 1 heterocycles. The number of aromatic nitrogens is 1. The van der Waals surface area contributed by atoms with Gasteiger partial charge in [0.05, 0.1) is 30.1 Å². The minimum atomic E-state index is -0.468. The van der Waals surface area contributed by atoms with Gasteiger partial charge in [0.2, 0.25) is 0 Å². The fourth-order valence-corrected chi connectivity index (χ4v) is 3.06. The molecule has 0 aliphatic rings. The van der Waals surface area contributed by atoms with E-state index in [-0.39, 0.29) is 18.3 Å². The molecule has 27 heavy (non-hydrogen) atoms. The van der Waals surface area contributed by atoms with Crippen molar-refractivity contribution < 1.29 is 14.3 Å². The fraction of sp³-hybridized carbons (Fsp3) is 0.227. The molecule has 0 fully saturated rings. The molecule has 5 heteroatoms. The van der Waals surface area contributed by atoms with Crippen LogP contribution in [0.2, 0.25) is 0 Å². The third-order valence-corrected chi connectivity index (χ3v) is 4.27. The van der Waals surface area contributed by atoms with Gasteiger partial charge in [-0.1, -0.05) is 48.5 Å². The van der Waals surface area contributed by atoms with Gasteiger partial charge in [-0.25, -0.2) is 0 Å². The summed E-state index contributed by atoms with van der Waals surface area (Å²) in [6.07, 6.45) is 0.0750. The number of para-hydroxylation sites is 1. The van der Waals surface area contributed by atoms with E-state index in [1.54, 1.807) is 13.0 Å². The Labute approximate surface area is 158 Å². The van der Waals surface area contributed by atoms with Crippen molar-refractivity contribution in [2.24, 2.45) is 0 Å². The van der Waals surface area contributed by atoms with Crippen molar-refractivity contribution in [2.45, 2.75) is 26.3 Å². The van der Waals surface area contributed by atoms with E-state index in [0.717, 1.165) is 22.2 Å². The number of nitrogens with zero attached hydrogens (tertiary/aromatic N) is 1. The van der Waals surface area contributed by atoms with Crippen LogP contribution in [-0.2, 0) is 9.53 Å². The van der Waals surface area contributed by atoms with E-state index in [9.17, 15) is 9.59 Å². The summed E-state index contributed by atoms with van der Waals surface area (Å²) < 4.78 is 5.07. The number of hydrogen-bond acceptors (Lipinski definition) is 4. The Morgan fingerprint density at radius 1 is 1.07 bits per heavy atom. The Balaban J connectivity index is 1.92. The maximum Gasteiger partial charge on any atom is 0.308 e. The molecular weight excluding hydrogens is 340 g/mol. The summed E-state index contributed by atoms with van der Waals surface area (Å²) in [4.78, 5) is 29.5. The van der Waals surface area contributed by atoms with Crippen molar-refractivity contribution in [1.29, 1.82) is 0 Å². The third kappa shape index (κ3) is 4.50. The number of ether oxygens (including phenoxy) is 1. The molecule has 1 N–H and O–H groups in total. The first-order chi connectivity index (χ1) is 13.1. The lowest BCUT2D eigenvalue weighted by atomic mass is 10.0. The lowest BCUT2D eigenvalue weighted by molar-refractivity contribution is -0.143. The van der Waals surface area contributed by atoms with E-state index in [1.807, 2.05) is 61.5 Å². The lowest BCUT2D eigenvalue weighted by Crippen LogP contribution is -2.31. The maximum atomic E-state index is 13.0. The summed E-state index contributed by atoms with van der Waals surface area (Å²) in [6.45, 7) is 3.93. The standard InChI is InChI=1S/C22H22N2O3/c1-3-27-21(25)14-20(16-9-5-4-6-10-16)24-22(26)18-13-15(2)23-19-12-8-7-11-17(18)19/h4-13,20H,3,14H2,1-2H3,(H,24,26). The van der Waals surface area contributed by atoms with Crippen LogP contribution in [0.15, 0.2) is 60.7 Å². The number of carbonyl (C=O) groups is 2. The zero-order valence-corrected chi connectivity index (χ0v) is 15.4. The van der Waals surface area contributed by atoms with Gasteiger partial charge in [0, 0.05) is 11.1 Å². The van der Waals surface area contributed by atoms with E-state index in [1.165, 1.54) is 0 Å². The molecule has 0 saturated carbocycles. The van der Waals surface area contributed by atoms with Crippen molar-refractivity contribution >= 4 is 22.8 Å². The number of amides is 1. The molecule has 3 aromatic rings. The molecule has 0 radical (unpaired) electrons. The molecule has 1 amide bonds. The van der Waals surface area contributed by atoms with Crippen LogP contribution in [0.4, 0.5) is 0 Å². The normalized spacial score (nSPS) is 11.8. The molecule has 138 valence electrons. The first-order valence-corrected chi connectivity index (χ1v) is 8.96. The van der Waals surface area contributed by atoms with Gasteiger partial charge in [-0.15, -0.1) is 0 Å². The van der Waals surface area contributed by atoms with Crippen LogP contribution in [0.3, 0.4) is 0 Å². The Morgan fingerprint density at radius 2 is 1.78 bits per heavy atom. The first kappa shape index (κ1) is 18.6. The predicted molar refractivity (Wildman–Crippen MR) is 104 cm³/mol. The number of nitrogens with one attached hydrogen (secondary N) is 1. The average Bonchev–Trinajstić information content (AvgIpc) is 2.67. The van der Waals surface area contributed by atoms with Gasteiger partial charge >= 0.3 is 5.97 Å². The third-order valence-electron chi connectivity index (χ3n) is 4.27. The SMILES string of the molecule is CCOC(=O)CC(NC(=O)c1cc(C)nc2ccccc12)c1ccccc1. The fourth-order valence-electron chi connectivity index (χ4n) is 3.06. The number of fused-ring (bicyclic) bond motifs is 1. The molecule has 0 bridgehead atoms. The van der Waals surface area contributed by atoms with E-state index in [0.29, 0.717) is 12.2 Å². The lowest BCUT2D eigenvalue weighted by Gasteiger charge is -2.19. The first-order valence-electron chi connectivity index (χ1n) is 8.96. The number of pyridine rings is 1. The van der Waals surface area contributed by atoms with E-state index >= 15 is 0 Å². The van der Waals surface area contributed by atoms with Crippen LogP contribution in [0.5, 0.6) is 0 Å². The molecule has 0 saturated heterocycles. The largest absolute Gasteiger partial charge is 0.466 e. The number of esters is 1. The molecule has 0 spiro atoms. The highest BCUT2D eigenvalue weighted by atomic mass is 16.5. The number of benzene rings is 2. The highest BCUT2D eigenvalue weighted by molar-refractivity contribution is 6.06. The van der Waals surface area contributed by atoms with E-state index in [4.69, 9.17) is 4.74 Å². The second kappa shape index (κ2) is 8.45. The highest BCUT2D eigenvalue weighted by Gasteiger charge is 2.21. The molecule has 0 aliphatic carbocycles. The Bertz CT molecular complexity index is 954. The Kier molecular flexibility index (Phi) is 5.81. The van der Waals surface area contributed by atoms with Gasteiger partial charge in [0.25, 0.3) is 5.91 Å². The summed E-state index contributed by atoms with van der Waals surface area (Å²) >= 11 is 0. The second-order valence-corrected chi connectivity index (χ2v) is 6.27. The average molecular weight is 362 g/mol. The molecule has 0 aliphatic heterocycles. The van der Waals surface area contributed by atoms with Crippen molar-refractivity contribution in [3.05, 3.63) is 77.5 Å². The summed E-state index contributed by atoms with van der Waals surface area (Å²) in [5.41, 5.74) is 2.93. The summed E-state index contributed by atoms with van der Waals surface area (Å²) in [5, 5.41) is 3.77. The number of aryl methyl sites for hydroxylation is 1. The quantitative estimate of drug-likeness (QED) is 0.674. The second-order valence-electron chi connectivity index (χ2n) is 6.27. The zero-order valence-electron chi connectivity index (χ0n) is 15.4. The summed E-state index contributed by atoms with van der Waals surface area (Å²) in [7, 11) is 0. The summed E-state index contributed by atoms with van der Waals surface area (Å²) in [5.74, 6) is -0.586. The van der Waals surface area contributed by atoms with Crippen LogP contribution >= 0.6 is 0 Å². The van der Waals surface area contributed by atoms with Crippen LogP contribution in [0.1, 0.15) is 41.0 Å². The molecular formula is C22H22N2O3. The smallest absolute Gasteiger partial charge is 0.308 e. The minimum absolute atomic E-state index is 0.0750. The minimum Gasteiger partial charge on any atom is -0.466 e. The predicted octanol–water partition coefficient (Wildman–Crippen LogP) is 3.97. The number of rotatable bonds is 6. The van der Waals surface area contributed by atoms with Crippen molar-refractivity contribution in [3.63, 3.8) is 0 Å². The van der Waals surface area contributed by atoms with Gasteiger partial charge < -0.3 is 10.1 Å². The topological polar surface area (TPSA) is 68.3 Å². The van der Waals surface area contributed by atoms with Crippen LogP contribution in [0.25, 0.3) is 10.9 Å². The van der Waals surface area contributed by atoms with Gasteiger partial charge in [-0.3, -0.25) is 14.6 Å². The molecule has 5 nitrogen and oxygen atoms in total. The van der Waals surface area contributed by atoms with Crippen molar-refractivity contribution in [1.82, 2.24) is 10.3 Å². The molecule has 1 unspecified atom stereocenters. The number of carbonyl (C=O) groups excluding carboxylic acids is 2. The van der Waals surface area contributed by atoms with Gasteiger partial charge in [0.1, 0.15) is 0 Å². The Morgan fingerprint density at radius 3 is 2.52 bits per heavy atom. The van der Waals surface area contributed by atoms with Crippen LogP contribution in [0, 0.1) is 6.92 Å². The molecule has 3 rings (SSSR count). The van der Waals surface area contributed by atoms with Crippen LogP contribution < -0.4 is 5.32 Å². The molecule has 1 atom stereocenters. The van der Waals surface area contributed by atoms with Gasteiger partial charge in [-0.2, -0.15) is 0 Å². The molecule has 1 aromatic heterocycles. The Hall–Kier alpha value is -3.21. The van der Waals surface area contributed by atoms with E-state index < -0.39 is 6.04 Å². The van der Waals surface area contributed by atoms with Gasteiger partial charge in [-0.05, 0) is 31.5 Å². The van der Waals surface area contributed by atoms with Crippen molar-refractivity contribution in [2.75, 3.05) is 6.61 Å². The highest BCUT2D eigenvalue weighted by Crippen LogP contribution is 2.22. The number of hydrogen-bond donors (Lipinski definition) is 1. The summed E-state index contributed by atoms with van der Waals surface area (Å²) in [6, 6.07) is 18.3. The van der Waals surface area contributed by atoms with E-state index in [2.05, 4.69) is 10.3 Å². The van der Waals surface area contributed by atoms with Crippen LogP contribution in [-0.4, -0.2) is 23.5 Å².